The summed E-state index contributed by atoms with van der Waals surface area (Å²) in [5.74, 6) is 0.616. The fraction of sp³-hybridized carbons (Fsp3) is 0.286. The van der Waals surface area contributed by atoms with E-state index in [9.17, 15) is 9.59 Å². The Labute approximate surface area is 78.6 Å². The molecule has 0 fully saturated rings. The molecule has 7 heteroatoms. The molecule has 0 aliphatic heterocycles. The van der Waals surface area contributed by atoms with E-state index in [-0.39, 0.29) is 11.2 Å². The summed E-state index contributed by atoms with van der Waals surface area (Å²) in [6.45, 7) is 3.52. The van der Waals surface area contributed by atoms with Crippen LogP contribution in [-0.2, 0) is 0 Å². The molecule has 0 spiro atoms. The van der Waals surface area contributed by atoms with Gasteiger partial charge in [0, 0.05) is 11.8 Å². The van der Waals surface area contributed by atoms with E-state index in [1.807, 2.05) is 6.92 Å². The van der Waals surface area contributed by atoms with Gasteiger partial charge in [-0.3, -0.25) is 14.9 Å². The molecule has 2 aromatic heterocycles. The number of aryl methyl sites for hydroxylation is 2. The van der Waals surface area contributed by atoms with Gasteiger partial charge in [0.2, 0.25) is 0 Å². The van der Waals surface area contributed by atoms with E-state index in [1.165, 1.54) is 6.07 Å². The van der Waals surface area contributed by atoms with Gasteiger partial charge in [0.15, 0.2) is 0 Å². The molecule has 0 aromatic carbocycles. The highest BCUT2D eigenvalue weighted by atomic mass is 16.1. The van der Waals surface area contributed by atoms with E-state index in [0.29, 0.717) is 5.82 Å². The van der Waals surface area contributed by atoms with Gasteiger partial charge >= 0.3 is 5.69 Å². The molecule has 0 saturated heterocycles. The number of nitrogens with one attached hydrogen (secondary N) is 4. The third kappa shape index (κ3) is 3.13. The van der Waals surface area contributed by atoms with Gasteiger partial charge in [-0.1, -0.05) is 0 Å². The Morgan fingerprint density at radius 3 is 2.07 bits per heavy atom. The Balaban J connectivity index is 0.000000140. The molecular formula is C7H11N5O2. The fourth-order valence-corrected chi connectivity index (χ4v) is 0.784. The minimum atomic E-state index is -0.252. The summed E-state index contributed by atoms with van der Waals surface area (Å²) in [5, 5.41) is 10.7. The van der Waals surface area contributed by atoms with Gasteiger partial charge in [-0.05, 0) is 13.8 Å². The molecule has 7 nitrogen and oxygen atoms in total. The summed E-state index contributed by atoms with van der Waals surface area (Å²) in [4.78, 5) is 22.7. The minimum absolute atomic E-state index is 0.0718. The summed E-state index contributed by atoms with van der Waals surface area (Å²) in [6, 6.07) is 1.50. The second-order valence-electron chi connectivity index (χ2n) is 2.70. The maximum absolute atomic E-state index is 10.2. The molecule has 0 bridgehead atoms. The number of rotatable bonds is 0. The van der Waals surface area contributed by atoms with Gasteiger partial charge in [0.1, 0.15) is 5.82 Å². The van der Waals surface area contributed by atoms with Gasteiger partial charge in [-0.15, -0.1) is 0 Å². The second-order valence-corrected chi connectivity index (χ2v) is 2.70. The molecule has 0 saturated carbocycles. The molecule has 0 radical (unpaired) electrons. The van der Waals surface area contributed by atoms with E-state index in [2.05, 4.69) is 25.4 Å². The maximum Gasteiger partial charge on any atom is 0.340 e. The molecule has 0 aliphatic rings. The summed E-state index contributed by atoms with van der Waals surface area (Å²) in [6.07, 6.45) is 0. The standard InChI is InChI=1S/C4H6N2O.C3H5N3O/c1-3-2-4(7)6-5-3;1-2-4-3(7)6-5-2/h2H,1H3,(H2,5,6,7);1H3,(H2,4,5,6,7). The second kappa shape index (κ2) is 4.26. The van der Waals surface area contributed by atoms with Crippen molar-refractivity contribution < 1.29 is 0 Å². The zero-order valence-electron chi connectivity index (χ0n) is 7.84. The first-order valence-electron chi connectivity index (χ1n) is 3.93. The number of H-pyrrole nitrogens is 4. The lowest BCUT2D eigenvalue weighted by molar-refractivity contribution is 1.02. The minimum Gasteiger partial charge on any atom is -0.303 e. The zero-order chi connectivity index (χ0) is 10.6. The Bertz CT molecular complexity index is 442. The molecule has 2 aromatic rings. The van der Waals surface area contributed by atoms with Gasteiger partial charge in [-0.25, -0.2) is 9.89 Å². The van der Waals surface area contributed by atoms with Crippen LogP contribution in [0.5, 0.6) is 0 Å². The molecule has 4 N–H and O–H groups in total. The van der Waals surface area contributed by atoms with Crippen LogP contribution in [0.4, 0.5) is 0 Å². The van der Waals surface area contributed by atoms with Gasteiger partial charge in [0.05, 0.1) is 0 Å². The van der Waals surface area contributed by atoms with Crippen LogP contribution in [0.3, 0.4) is 0 Å². The van der Waals surface area contributed by atoms with Crippen LogP contribution in [0, 0.1) is 13.8 Å². The lowest BCUT2D eigenvalue weighted by Crippen LogP contribution is -2.00. The van der Waals surface area contributed by atoms with Crippen LogP contribution >= 0.6 is 0 Å². The Hall–Kier alpha value is -2.05. The van der Waals surface area contributed by atoms with Crippen molar-refractivity contribution in [3.8, 4) is 0 Å². The number of hydrogen-bond donors (Lipinski definition) is 4. The van der Waals surface area contributed by atoms with Crippen molar-refractivity contribution >= 4 is 0 Å². The average Bonchev–Trinajstić information content (AvgIpc) is 2.63. The average molecular weight is 197 g/mol. The van der Waals surface area contributed by atoms with Crippen LogP contribution < -0.4 is 11.2 Å². The quantitative estimate of drug-likeness (QED) is 0.453. The van der Waals surface area contributed by atoms with Crippen molar-refractivity contribution in [1.29, 1.82) is 0 Å². The van der Waals surface area contributed by atoms with Gasteiger partial charge < -0.3 is 5.10 Å². The number of aromatic amines is 4. The van der Waals surface area contributed by atoms with E-state index >= 15 is 0 Å². The molecule has 0 atom stereocenters. The molecule has 0 unspecified atom stereocenters. The zero-order valence-corrected chi connectivity index (χ0v) is 7.84. The van der Waals surface area contributed by atoms with Crippen molar-refractivity contribution in [3.05, 3.63) is 38.4 Å². The molecule has 2 heterocycles. The van der Waals surface area contributed by atoms with Crippen molar-refractivity contribution in [2.75, 3.05) is 0 Å². The first-order chi connectivity index (χ1) is 6.58. The molecule has 76 valence electrons. The molecule has 0 amide bonds. The molecule has 14 heavy (non-hydrogen) atoms. The van der Waals surface area contributed by atoms with E-state index < -0.39 is 0 Å². The summed E-state index contributed by atoms with van der Waals surface area (Å²) < 4.78 is 0. The van der Waals surface area contributed by atoms with Gasteiger partial charge in [-0.2, -0.15) is 5.10 Å². The normalized spacial score (nSPS) is 9.29. The van der Waals surface area contributed by atoms with Crippen LogP contribution in [0.1, 0.15) is 11.5 Å². The Morgan fingerprint density at radius 1 is 1.21 bits per heavy atom. The van der Waals surface area contributed by atoms with Crippen molar-refractivity contribution in [3.63, 3.8) is 0 Å². The van der Waals surface area contributed by atoms with E-state index in [4.69, 9.17) is 0 Å². The highest BCUT2D eigenvalue weighted by Crippen LogP contribution is 1.76. The summed E-state index contributed by atoms with van der Waals surface area (Å²) >= 11 is 0. The predicted octanol–water partition coefficient (Wildman–Crippen LogP) is -0.582. The smallest absolute Gasteiger partial charge is 0.303 e. The number of hydrogen-bond acceptors (Lipinski definition) is 3. The molecule has 0 aliphatic carbocycles. The van der Waals surface area contributed by atoms with Crippen LogP contribution in [-0.4, -0.2) is 25.4 Å². The van der Waals surface area contributed by atoms with Crippen LogP contribution in [0.15, 0.2) is 15.7 Å². The lowest BCUT2D eigenvalue weighted by Gasteiger charge is -1.69. The molecule has 2 rings (SSSR count). The van der Waals surface area contributed by atoms with E-state index in [0.717, 1.165) is 5.69 Å². The third-order valence-electron chi connectivity index (χ3n) is 1.35. The fourth-order valence-electron chi connectivity index (χ4n) is 0.784. The first kappa shape index (κ1) is 10.0. The SMILES string of the molecule is Cc1cc(=O)[nH][nH]1.Cc1n[nH]c(=O)[nH]1. The largest absolute Gasteiger partial charge is 0.340 e. The summed E-state index contributed by atoms with van der Waals surface area (Å²) in [7, 11) is 0. The van der Waals surface area contributed by atoms with Crippen molar-refractivity contribution in [2.24, 2.45) is 0 Å². The van der Waals surface area contributed by atoms with E-state index in [1.54, 1.807) is 6.92 Å². The topological polar surface area (TPSA) is 110 Å². The molecular weight excluding hydrogens is 186 g/mol. The highest BCUT2D eigenvalue weighted by Gasteiger charge is 1.83. The first-order valence-corrected chi connectivity index (χ1v) is 3.93. The maximum atomic E-state index is 10.2. The van der Waals surface area contributed by atoms with Crippen LogP contribution in [0.2, 0.25) is 0 Å². The Morgan fingerprint density at radius 2 is 1.93 bits per heavy atom. The third-order valence-corrected chi connectivity index (χ3v) is 1.35. The van der Waals surface area contributed by atoms with Crippen molar-refractivity contribution in [2.45, 2.75) is 13.8 Å². The van der Waals surface area contributed by atoms with Crippen LogP contribution in [0.25, 0.3) is 0 Å². The number of aromatic nitrogens is 5. The lowest BCUT2D eigenvalue weighted by atomic mass is 10.5. The van der Waals surface area contributed by atoms with Crippen molar-refractivity contribution in [1.82, 2.24) is 25.4 Å². The highest BCUT2D eigenvalue weighted by molar-refractivity contribution is 4.93. The summed E-state index contributed by atoms with van der Waals surface area (Å²) in [5.41, 5.74) is 0.542. The number of nitrogens with zero attached hydrogens (tertiary/aromatic N) is 1. The monoisotopic (exact) mass is 197 g/mol. The predicted molar refractivity (Wildman–Crippen MR) is 50.1 cm³/mol. The Kier molecular flexibility index (Phi) is 3.05. The van der Waals surface area contributed by atoms with Gasteiger partial charge in [0.25, 0.3) is 5.56 Å².